The number of hydrogen-bond acceptors (Lipinski definition) is 2. The minimum atomic E-state index is 0.240. The van der Waals surface area contributed by atoms with E-state index in [0.29, 0.717) is 0 Å². The van der Waals surface area contributed by atoms with Crippen molar-refractivity contribution in [2.24, 2.45) is 0 Å². The van der Waals surface area contributed by atoms with E-state index in [1.807, 2.05) is 7.05 Å². The van der Waals surface area contributed by atoms with Crippen LogP contribution >= 0.6 is 0 Å². The van der Waals surface area contributed by atoms with E-state index in [4.69, 9.17) is 4.74 Å². The first-order chi connectivity index (χ1) is 4.79. The molecule has 2 heteroatoms. The van der Waals surface area contributed by atoms with Gasteiger partial charge in [-0.1, -0.05) is 6.58 Å². The summed E-state index contributed by atoms with van der Waals surface area (Å²) in [6.45, 7) is 3.60. The molecule has 1 saturated heterocycles. The van der Waals surface area contributed by atoms with Gasteiger partial charge < -0.3 is 9.64 Å². The second-order valence-electron chi connectivity index (χ2n) is 2.46. The van der Waals surface area contributed by atoms with Crippen LogP contribution in [-0.4, -0.2) is 25.3 Å². The Morgan fingerprint density at radius 2 is 2.50 bits per heavy atom. The maximum Gasteiger partial charge on any atom is 0.130 e. The molecule has 0 bridgehead atoms. The van der Waals surface area contributed by atoms with Gasteiger partial charge >= 0.3 is 0 Å². The summed E-state index contributed by atoms with van der Waals surface area (Å²) in [6, 6.07) is 0. The van der Waals surface area contributed by atoms with Crippen LogP contribution in [0.5, 0.6) is 0 Å². The molecule has 1 rings (SSSR count). The number of allylic oxidation sites excluding steroid dienone is 1. The zero-order chi connectivity index (χ0) is 7.56. The summed E-state index contributed by atoms with van der Waals surface area (Å²) < 4.78 is 5.19. The van der Waals surface area contributed by atoms with Crippen LogP contribution in [0, 0.1) is 0 Å². The van der Waals surface area contributed by atoms with Gasteiger partial charge in [0.1, 0.15) is 6.23 Å². The smallest absolute Gasteiger partial charge is 0.130 e. The lowest BCUT2D eigenvalue weighted by Gasteiger charge is -2.19. The summed E-state index contributed by atoms with van der Waals surface area (Å²) in [5.74, 6) is 0. The van der Waals surface area contributed by atoms with Crippen molar-refractivity contribution in [3.63, 3.8) is 0 Å². The Labute approximate surface area is 61.8 Å². The summed E-state index contributed by atoms with van der Waals surface area (Å²) >= 11 is 0. The molecule has 1 aliphatic heterocycles. The highest BCUT2D eigenvalue weighted by molar-refractivity contribution is 5.03. The van der Waals surface area contributed by atoms with Crippen LogP contribution < -0.4 is 0 Å². The topological polar surface area (TPSA) is 12.5 Å². The maximum absolute atomic E-state index is 5.19. The van der Waals surface area contributed by atoms with Crippen molar-refractivity contribution >= 4 is 0 Å². The Morgan fingerprint density at radius 1 is 1.80 bits per heavy atom. The van der Waals surface area contributed by atoms with Gasteiger partial charge in [0, 0.05) is 14.2 Å². The zero-order valence-electron chi connectivity index (χ0n) is 6.55. The lowest BCUT2D eigenvalue weighted by Crippen LogP contribution is -2.24. The van der Waals surface area contributed by atoms with Crippen LogP contribution in [0.3, 0.4) is 0 Å². The molecule has 0 amide bonds. The molecule has 1 heterocycles. The molecule has 0 aromatic rings. The molecule has 56 valence electrons. The van der Waals surface area contributed by atoms with Gasteiger partial charge in [-0.2, -0.15) is 0 Å². The van der Waals surface area contributed by atoms with Crippen molar-refractivity contribution in [1.29, 1.82) is 0 Å². The monoisotopic (exact) mass is 139 g/mol. The molecule has 1 aliphatic rings. The first kappa shape index (κ1) is 7.39. The molecule has 10 heavy (non-hydrogen) atoms. The lowest BCUT2D eigenvalue weighted by molar-refractivity contribution is 0.0207. The minimum Gasteiger partial charge on any atom is -0.362 e. The fourth-order valence-corrected chi connectivity index (χ4v) is 1.29. The summed E-state index contributed by atoms with van der Waals surface area (Å²) in [6.07, 6.45) is 2.34. The first-order valence-electron chi connectivity index (χ1n) is 3.44. The Kier molecular flexibility index (Phi) is 2.15. The van der Waals surface area contributed by atoms with E-state index >= 15 is 0 Å². The molecule has 2 nitrogen and oxygen atoms in total. The number of likely N-dealkylation sites (tertiary alicyclic amines) is 1. The molecule has 0 spiro atoms. The van der Waals surface area contributed by atoms with E-state index in [9.17, 15) is 0 Å². The molecule has 0 N–H and O–H groups in total. The van der Waals surface area contributed by atoms with Gasteiger partial charge in [-0.25, -0.2) is 0 Å². The van der Waals surface area contributed by atoms with Crippen LogP contribution in [0.15, 0.2) is 18.0 Å². The Hall–Kier alpha value is -0.720. The highest BCUT2D eigenvalue weighted by atomic mass is 16.5. The molecule has 0 aromatic carbocycles. The number of ether oxygens (including phenoxy) is 1. The predicted octanol–water partition coefficient (Wildman–Crippen LogP) is 1.35. The van der Waals surface area contributed by atoms with Crippen LogP contribution in [-0.2, 0) is 4.74 Å². The first-order valence-corrected chi connectivity index (χ1v) is 3.44. The second-order valence-corrected chi connectivity index (χ2v) is 2.46. The number of rotatable bonds is 1. The summed E-state index contributed by atoms with van der Waals surface area (Å²) in [4.78, 5) is 2.08. The molecular formula is C8H13NO. The van der Waals surface area contributed by atoms with Crippen molar-refractivity contribution in [3.05, 3.63) is 18.0 Å². The Balaban J connectivity index is 2.66. The van der Waals surface area contributed by atoms with Crippen molar-refractivity contribution in [3.8, 4) is 0 Å². The Bertz CT molecular complexity index is 170. The molecule has 1 atom stereocenters. The van der Waals surface area contributed by atoms with E-state index in [-0.39, 0.29) is 6.23 Å². The third-order valence-corrected chi connectivity index (χ3v) is 1.96. The fraction of sp³-hybridized carbons (Fsp3) is 0.625. The van der Waals surface area contributed by atoms with Gasteiger partial charge in [0.2, 0.25) is 0 Å². The van der Waals surface area contributed by atoms with Gasteiger partial charge in [-0.05, 0) is 12.8 Å². The third kappa shape index (κ3) is 1.08. The molecule has 0 saturated carbocycles. The summed E-state index contributed by atoms with van der Waals surface area (Å²) in [5.41, 5.74) is 4.05. The van der Waals surface area contributed by atoms with Crippen LogP contribution in [0.2, 0.25) is 0 Å². The normalized spacial score (nSPS) is 25.2. The molecule has 1 unspecified atom stereocenters. The summed E-state index contributed by atoms with van der Waals surface area (Å²) in [5, 5.41) is 0. The number of nitrogens with zero attached hydrogens (tertiary/aromatic N) is 1. The van der Waals surface area contributed by atoms with Gasteiger partial charge in [0.25, 0.3) is 0 Å². The van der Waals surface area contributed by atoms with Crippen molar-refractivity contribution < 1.29 is 4.74 Å². The highest BCUT2D eigenvalue weighted by Gasteiger charge is 2.23. The van der Waals surface area contributed by atoms with Crippen molar-refractivity contribution in [2.45, 2.75) is 19.1 Å². The van der Waals surface area contributed by atoms with E-state index in [1.54, 1.807) is 7.11 Å². The zero-order valence-corrected chi connectivity index (χ0v) is 6.55. The van der Waals surface area contributed by atoms with E-state index in [2.05, 4.69) is 17.2 Å². The predicted molar refractivity (Wildman–Crippen MR) is 40.4 cm³/mol. The van der Waals surface area contributed by atoms with Gasteiger partial charge in [-0.3, -0.25) is 0 Å². The average Bonchev–Trinajstić information content (AvgIpc) is 2.30. The average molecular weight is 139 g/mol. The van der Waals surface area contributed by atoms with Crippen LogP contribution in [0.4, 0.5) is 0 Å². The van der Waals surface area contributed by atoms with Gasteiger partial charge in [0.05, 0.1) is 5.70 Å². The quantitative estimate of drug-likeness (QED) is 0.508. The SMILES string of the molecule is C=C=C1CCC(OC)N1C. The maximum atomic E-state index is 5.19. The molecule has 0 radical (unpaired) electrons. The number of hydrogen-bond donors (Lipinski definition) is 0. The molecular weight excluding hydrogens is 126 g/mol. The van der Waals surface area contributed by atoms with E-state index < -0.39 is 0 Å². The standard InChI is InChI=1S/C8H13NO/c1-4-7-5-6-8(10-3)9(7)2/h8H,1,5-6H2,2-3H3. The van der Waals surface area contributed by atoms with Crippen LogP contribution in [0.1, 0.15) is 12.8 Å². The van der Waals surface area contributed by atoms with Gasteiger partial charge in [-0.15, -0.1) is 5.73 Å². The summed E-state index contributed by atoms with van der Waals surface area (Å²) in [7, 11) is 3.74. The second kappa shape index (κ2) is 2.91. The third-order valence-electron chi connectivity index (χ3n) is 1.96. The Morgan fingerprint density at radius 3 is 2.80 bits per heavy atom. The number of methoxy groups -OCH3 is 1. The van der Waals surface area contributed by atoms with Crippen molar-refractivity contribution in [2.75, 3.05) is 14.2 Å². The highest BCUT2D eigenvalue weighted by Crippen LogP contribution is 2.24. The largest absolute Gasteiger partial charge is 0.362 e. The molecule has 0 aliphatic carbocycles. The van der Waals surface area contributed by atoms with E-state index in [0.717, 1.165) is 18.5 Å². The molecule has 1 fully saturated rings. The minimum absolute atomic E-state index is 0.240. The van der Waals surface area contributed by atoms with Gasteiger partial charge in [0.15, 0.2) is 0 Å². The lowest BCUT2D eigenvalue weighted by atomic mass is 10.3. The van der Waals surface area contributed by atoms with E-state index in [1.165, 1.54) is 0 Å². The molecule has 0 aromatic heterocycles. The van der Waals surface area contributed by atoms with Crippen LogP contribution in [0.25, 0.3) is 0 Å². The van der Waals surface area contributed by atoms with Crippen molar-refractivity contribution in [1.82, 2.24) is 4.90 Å². The fourth-order valence-electron chi connectivity index (χ4n) is 1.29.